The van der Waals surface area contributed by atoms with Crippen molar-refractivity contribution in [2.45, 2.75) is 6.92 Å². The molecule has 0 saturated heterocycles. The number of benzene rings is 2. The van der Waals surface area contributed by atoms with Gasteiger partial charge in [-0.15, -0.1) is 11.3 Å². The zero-order valence-electron chi connectivity index (χ0n) is 16.1. The van der Waals surface area contributed by atoms with E-state index in [0.717, 1.165) is 10.3 Å². The van der Waals surface area contributed by atoms with Crippen LogP contribution in [0.4, 0.5) is 27.7 Å². The van der Waals surface area contributed by atoms with Gasteiger partial charge in [-0.1, -0.05) is 12.1 Å². The molecule has 7 nitrogen and oxygen atoms in total. The average Bonchev–Trinajstić information content (AvgIpc) is 3.15. The van der Waals surface area contributed by atoms with Crippen molar-refractivity contribution < 1.29 is 9.59 Å². The Labute approximate surface area is 176 Å². The Kier molecular flexibility index (Phi) is 5.32. The van der Waals surface area contributed by atoms with E-state index in [0.29, 0.717) is 33.8 Å². The Morgan fingerprint density at radius 3 is 2.37 bits per heavy atom. The zero-order chi connectivity index (χ0) is 21.1. The number of nitrogens with two attached hydrogens (primary N) is 1. The molecule has 30 heavy (non-hydrogen) atoms. The van der Waals surface area contributed by atoms with Gasteiger partial charge in [-0.2, -0.15) is 0 Å². The van der Waals surface area contributed by atoms with Gasteiger partial charge in [-0.3, -0.25) is 4.79 Å². The van der Waals surface area contributed by atoms with E-state index in [9.17, 15) is 9.59 Å². The van der Waals surface area contributed by atoms with Crippen molar-refractivity contribution in [3.05, 3.63) is 77.3 Å². The molecule has 8 heteroatoms. The fourth-order valence-corrected chi connectivity index (χ4v) is 3.97. The summed E-state index contributed by atoms with van der Waals surface area (Å²) in [5.41, 5.74) is 9.40. The van der Waals surface area contributed by atoms with E-state index in [2.05, 4.69) is 20.9 Å². The Hall–Kier alpha value is -3.91. The number of hydrogen-bond donors (Lipinski definition) is 4. The first-order valence-electron chi connectivity index (χ1n) is 9.17. The molecular formula is C22H19N5O2S. The SMILES string of the molecule is Cc1cccc(NC(=O)Nc2ccc(NC(=O)c3csc4ccnc(N)c34)cc2)c1. The number of nitrogens with zero attached hydrogens (tertiary/aromatic N) is 1. The fourth-order valence-electron chi connectivity index (χ4n) is 3.03. The van der Waals surface area contributed by atoms with Crippen LogP contribution in [0.25, 0.3) is 10.1 Å². The second-order valence-corrected chi connectivity index (χ2v) is 7.61. The van der Waals surface area contributed by atoms with Crippen molar-refractivity contribution in [2.75, 3.05) is 21.7 Å². The Balaban J connectivity index is 1.41. The maximum Gasteiger partial charge on any atom is 0.323 e. The van der Waals surface area contributed by atoms with Crippen molar-refractivity contribution in [1.82, 2.24) is 4.98 Å². The summed E-state index contributed by atoms with van der Waals surface area (Å²) in [4.78, 5) is 28.9. The highest BCUT2D eigenvalue weighted by atomic mass is 32.1. The number of rotatable bonds is 4. The lowest BCUT2D eigenvalue weighted by atomic mass is 10.2. The molecule has 3 amide bonds. The van der Waals surface area contributed by atoms with Crippen molar-refractivity contribution in [1.29, 1.82) is 0 Å². The van der Waals surface area contributed by atoms with Gasteiger partial charge < -0.3 is 21.7 Å². The number of carbonyl (C=O) groups is 2. The summed E-state index contributed by atoms with van der Waals surface area (Å²) in [6.45, 7) is 1.96. The van der Waals surface area contributed by atoms with E-state index in [1.165, 1.54) is 11.3 Å². The van der Waals surface area contributed by atoms with Gasteiger partial charge in [0.25, 0.3) is 5.91 Å². The molecular weight excluding hydrogens is 398 g/mol. The maximum absolute atomic E-state index is 12.7. The topological polar surface area (TPSA) is 109 Å². The first kappa shape index (κ1) is 19.4. The molecule has 0 bridgehead atoms. The van der Waals surface area contributed by atoms with Crippen LogP contribution in [0.15, 0.2) is 66.2 Å². The van der Waals surface area contributed by atoms with E-state index in [-0.39, 0.29) is 11.9 Å². The second kappa shape index (κ2) is 8.22. The molecule has 0 atom stereocenters. The van der Waals surface area contributed by atoms with E-state index >= 15 is 0 Å². The number of thiophene rings is 1. The molecule has 0 fully saturated rings. The second-order valence-electron chi connectivity index (χ2n) is 6.70. The smallest absolute Gasteiger partial charge is 0.323 e. The third-order valence-corrected chi connectivity index (χ3v) is 5.38. The lowest BCUT2D eigenvalue weighted by molar-refractivity contribution is 0.102. The monoisotopic (exact) mass is 417 g/mol. The van der Waals surface area contributed by atoms with E-state index < -0.39 is 0 Å². The molecule has 0 unspecified atom stereocenters. The van der Waals surface area contributed by atoms with Gasteiger partial charge in [0.2, 0.25) is 0 Å². The van der Waals surface area contributed by atoms with Crippen molar-refractivity contribution in [2.24, 2.45) is 0 Å². The summed E-state index contributed by atoms with van der Waals surface area (Å²) in [5, 5.41) is 10.8. The number of pyridine rings is 1. The molecule has 0 aliphatic carbocycles. The molecule has 0 aliphatic heterocycles. The maximum atomic E-state index is 12.7. The zero-order valence-corrected chi connectivity index (χ0v) is 16.9. The molecule has 4 rings (SSSR count). The first-order chi connectivity index (χ1) is 14.5. The quantitative estimate of drug-likeness (QED) is 0.371. The van der Waals surface area contributed by atoms with Crippen LogP contribution in [-0.4, -0.2) is 16.9 Å². The number of hydrogen-bond acceptors (Lipinski definition) is 5. The first-order valence-corrected chi connectivity index (χ1v) is 10.1. The number of nitrogen functional groups attached to an aromatic ring is 1. The van der Waals surface area contributed by atoms with Crippen molar-refractivity contribution >= 4 is 56.2 Å². The van der Waals surface area contributed by atoms with Crippen LogP contribution >= 0.6 is 11.3 Å². The van der Waals surface area contributed by atoms with Gasteiger partial charge in [0.05, 0.1) is 5.56 Å². The number of carbonyl (C=O) groups excluding carboxylic acids is 2. The average molecular weight is 417 g/mol. The van der Waals surface area contributed by atoms with Crippen LogP contribution in [0.1, 0.15) is 15.9 Å². The van der Waals surface area contributed by atoms with Gasteiger partial charge in [0.1, 0.15) is 5.82 Å². The predicted octanol–water partition coefficient (Wildman–Crippen LogP) is 5.08. The number of aryl methyl sites for hydroxylation is 1. The molecule has 0 saturated carbocycles. The van der Waals surface area contributed by atoms with Crippen LogP contribution in [0, 0.1) is 6.92 Å². The molecule has 2 aromatic carbocycles. The minimum atomic E-state index is -0.342. The highest BCUT2D eigenvalue weighted by Gasteiger charge is 2.15. The number of fused-ring (bicyclic) bond motifs is 1. The van der Waals surface area contributed by atoms with E-state index in [4.69, 9.17) is 5.73 Å². The molecule has 2 aromatic heterocycles. The van der Waals surface area contributed by atoms with Gasteiger partial charge in [0, 0.05) is 38.7 Å². The minimum Gasteiger partial charge on any atom is -0.383 e. The third kappa shape index (κ3) is 4.23. The van der Waals surface area contributed by atoms with Gasteiger partial charge in [0.15, 0.2) is 0 Å². The van der Waals surface area contributed by atoms with Crippen molar-refractivity contribution in [3.8, 4) is 0 Å². The summed E-state index contributed by atoms with van der Waals surface area (Å²) in [6, 6.07) is 15.9. The Morgan fingerprint density at radius 1 is 0.933 bits per heavy atom. The summed E-state index contributed by atoms with van der Waals surface area (Å²) >= 11 is 1.44. The number of anilines is 4. The molecule has 0 radical (unpaired) electrons. The van der Waals surface area contributed by atoms with Crippen LogP contribution in [0.3, 0.4) is 0 Å². The highest BCUT2D eigenvalue weighted by molar-refractivity contribution is 7.17. The summed E-state index contributed by atoms with van der Waals surface area (Å²) < 4.78 is 0.909. The molecule has 2 heterocycles. The van der Waals surface area contributed by atoms with Gasteiger partial charge >= 0.3 is 6.03 Å². The van der Waals surface area contributed by atoms with E-state index in [1.54, 1.807) is 35.8 Å². The largest absolute Gasteiger partial charge is 0.383 e. The highest BCUT2D eigenvalue weighted by Crippen LogP contribution is 2.30. The fraction of sp³-hybridized carbons (Fsp3) is 0.0455. The predicted molar refractivity (Wildman–Crippen MR) is 122 cm³/mol. The van der Waals surface area contributed by atoms with Crippen LogP contribution in [0.5, 0.6) is 0 Å². The van der Waals surface area contributed by atoms with E-state index in [1.807, 2.05) is 37.3 Å². The lowest BCUT2D eigenvalue weighted by Crippen LogP contribution is -2.19. The molecule has 0 aliphatic rings. The summed E-state index contributed by atoms with van der Waals surface area (Å²) in [5.74, 6) is 0.0666. The normalized spacial score (nSPS) is 10.6. The van der Waals surface area contributed by atoms with Gasteiger partial charge in [-0.05, 0) is 55.0 Å². The Bertz CT molecular complexity index is 1230. The minimum absolute atomic E-state index is 0.265. The number of nitrogens with one attached hydrogen (secondary N) is 3. The molecule has 5 N–H and O–H groups in total. The Morgan fingerprint density at radius 2 is 1.63 bits per heavy atom. The molecule has 150 valence electrons. The van der Waals surface area contributed by atoms with Crippen LogP contribution < -0.4 is 21.7 Å². The van der Waals surface area contributed by atoms with Crippen molar-refractivity contribution in [3.63, 3.8) is 0 Å². The third-order valence-electron chi connectivity index (χ3n) is 4.44. The number of amides is 3. The summed E-state index contributed by atoms with van der Waals surface area (Å²) in [7, 11) is 0. The standard InChI is InChI=1S/C22H19N5O2S/c1-13-3-2-4-16(11-13)27-22(29)26-15-7-5-14(6-8-15)25-21(28)17-12-30-18-9-10-24-20(23)19(17)18/h2-12H,1H3,(H2,23,24)(H,25,28)(H2,26,27,29). The number of urea groups is 1. The van der Waals surface area contributed by atoms with Gasteiger partial charge in [-0.25, -0.2) is 9.78 Å². The summed E-state index contributed by atoms with van der Waals surface area (Å²) in [6.07, 6.45) is 1.62. The lowest BCUT2D eigenvalue weighted by Gasteiger charge is -2.09. The molecule has 0 spiro atoms. The number of aromatic nitrogens is 1. The molecule has 4 aromatic rings. The van der Waals surface area contributed by atoms with Crippen LogP contribution in [0.2, 0.25) is 0 Å². The van der Waals surface area contributed by atoms with Crippen LogP contribution in [-0.2, 0) is 0 Å².